The van der Waals surface area contributed by atoms with Gasteiger partial charge in [0.25, 0.3) is 0 Å². The van der Waals surface area contributed by atoms with Gasteiger partial charge in [-0.15, -0.1) is 0 Å². The number of nitrogens with zero attached hydrogens (tertiary/aromatic N) is 1. The van der Waals surface area contributed by atoms with E-state index in [-0.39, 0.29) is 11.8 Å². The number of amides is 1. The van der Waals surface area contributed by atoms with Gasteiger partial charge < -0.3 is 15.0 Å². The maximum atomic E-state index is 11.5. The molecule has 0 bridgehead atoms. The van der Waals surface area contributed by atoms with Crippen LogP contribution in [-0.2, 0) is 11.2 Å². The van der Waals surface area contributed by atoms with Crippen LogP contribution in [0.5, 0.6) is 5.75 Å². The van der Waals surface area contributed by atoms with Crippen molar-refractivity contribution in [2.75, 3.05) is 13.7 Å². The molecule has 0 spiro atoms. The van der Waals surface area contributed by atoms with Crippen molar-refractivity contribution in [1.29, 1.82) is 0 Å². The lowest BCUT2D eigenvalue weighted by molar-refractivity contribution is -0.122. The minimum Gasteiger partial charge on any atom is -0.495 e. The largest absolute Gasteiger partial charge is 0.495 e. The fourth-order valence-corrected chi connectivity index (χ4v) is 2.17. The molecule has 100 valence electrons. The van der Waals surface area contributed by atoms with Gasteiger partial charge in [-0.2, -0.15) is 0 Å². The van der Waals surface area contributed by atoms with E-state index in [9.17, 15) is 4.79 Å². The number of methoxy groups -OCH3 is 1. The molecule has 2 heterocycles. The predicted octanol–water partition coefficient (Wildman–Crippen LogP) is 1.64. The molecule has 19 heavy (non-hydrogen) atoms. The molecule has 1 amide bonds. The van der Waals surface area contributed by atoms with Crippen LogP contribution in [0.25, 0.3) is 11.0 Å². The van der Waals surface area contributed by atoms with Crippen LogP contribution in [-0.4, -0.2) is 29.5 Å². The number of hydrogen-bond donors (Lipinski definition) is 2. The van der Waals surface area contributed by atoms with Crippen molar-refractivity contribution in [3.63, 3.8) is 0 Å². The van der Waals surface area contributed by atoms with Gasteiger partial charge >= 0.3 is 0 Å². The first-order valence-electron chi connectivity index (χ1n) is 6.55. The highest BCUT2D eigenvalue weighted by molar-refractivity contribution is 5.82. The highest BCUT2D eigenvalue weighted by Gasteiger charge is 2.29. The molecule has 2 aromatic rings. The summed E-state index contributed by atoms with van der Waals surface area (Å²) in [6.45, 7) is 0.666. The Morgan fingerprint density at radius 2 is 2.42 bits per heavy atom. The van der Waals surface area contributed by atoms with E-state index in [0.717, 1.165) is 41.6 Å². The highest BCUT2D eigenvalue weighted by Crippen LogP contribution is 2.28. The molecule has 0 unspecified atom stereocenters. The molecule has 0 aromatic carbocycles. The summed E-state index contributed by atoms with van der Waals surface area (Å²) in [4.78, 5) is 19.0. The molecule has 0 radical (unpaired) electrons. The molecule has 0 atom stereocenters. The minimum absolute atomic E-state index is 0.190. The van der Waals surface area contributed by atoms with Crippen LogP contribution in [0.1, 0.15) is 18.4 Å². The summed E-state index contributed by atoms with van der Waals surface area (Å²) in [5, 5.41) is 4.03. The first-order valence-corrected chi connectivity index (χ1v) is 6.55. The second kappa shape index (κ2) is 4.91. The fraction of sp³-hybridized carbons (Fsp3) is 0.429. The maximum absolute atomic E-state index is 11.5. The van der Waals surface area contributed by atoms with Crippen LogP contribution in [0.3, 0.4) is 0 Å². The zero-order chi connectivity index (χ0) is 13.2. The molecule has 2 aromatic heterocycles. The van der Waals surface area contributed by atoms with Gasteiger partial charge in [-0.25, -0.2) is 4.98 Å². The van der Waals surface area contributed by atoms with Gasteiger partial charge in [0, 0.05) is 24.0 Å². The molecule has 2 N–H and O–H groups in total. The lowest BCUT2D eigenvalue weighted by Crippen LogP contribution is -2.26. The molecule has 5 nitrogen and oxygen atoms in total. The Morgan fingerprint density at radius 3 is 3.16 bits per heavy atom. The predicted molar refractivity (Wildman–Crippen MR) is 72.1 cm³/mol. The lowest BCUT2D eigenvalue weighted by Gasteiger charge is -2.04. The minimum atomic E-state index is 0.190. The molecule has 1 saturated carbocycles. The normalized spacial score (nSPS) is 14.6. The van der Waals surface area contributed by atoms with E-state index in [0.29, 0.717) is 6.54 Å². The smallest absolute Gasteiger partial charge is 0.223 e. The van der Waals surface area contributed by atoms with Crippen molar-refractivity contribution in [3.8, 4) is 5.75 Å². The zero-order valence-corrected chi connectivity index (χ0v) is 10.9. The van der Waals surface area contributed by atoms with Crippen LogP contribution in [0.15, 0.2) is 18.5 Å². The SMILES string of the molecule is COc1cnc2[nH]cc(CCNC(=O)C3CC3)c2c1. The topological polar surface area (TPSA) is 67.0 Å². The number of H-pyrrole nitrogens is 1. The number of carbonyl (C=O) groups excluding carboxylic acids is 1. The Morgan fingerprint density at radius 1 is 1.58 bits per heavy atom. The van der Waals surface area contributed by atoms with Crippen molar-refractivity contribution in [1.82, 2.24) is 15.3 Å². The summed E-state index contributed by atoms with van der Waals surface area (Å²) in [5.74, 6) is 1.20. The first-order chi connectivity index (χ1) is 9.28. The second-order valence-electron chi connectivity index (χ2n) is 4.90. The number of rotatable bonds is 5. The van der Waals surface area contributed by atoms with Crippen LogP contribution in [0.4, 0.5) is 0 Å². The van der Waals surface area contributed by atoms with Crippen molar-refractivity contribution in [2.24, 2.45) is 5.92 Å². The van der Waals surface area contributed by atoms with Crippen molar-refractivity contribution >= 4 is 16.9 Å². The number of carbonyl (C=O) groups is 1. The van der Waals surface area contributed by atoms with Crippen LogP contribution in [0.2, 0.25) is 0 Å². The number of fused-ring (bicyclic) bond motifs is 1. The number of ether oxygens (including phenoxy) is 1. The molecule has 1 aliphatic carbocycles. The summed E-state index contributed by atoms with van der Waals surface area (Å²) < 4.78 is 5.18. The number of hydrogen-bond acceptors (Lipinski definition) is 3. The van der Waals surface area contributed by atoms with E-state index in [2.05, 4.69) is 15.3 Å². The van der Waals surface area contributed by atoms with Crippen molar-refractivity contribution in [2.45, 2.75) is 19.3 Å². The number of pyridine rings is 1. The fourth-order valence-electron chi connectivity index (χ4n) is 2.17. The third-order valence-corrected chi connectivity index (χ3v) is 3.47. The first kappa shape index (κ1) is 12.0. The molecule has 1 fully saturated rings. The molecular formula is C14H17N3O2. The van der Waals surface area contributed by atoms with Crippen LogP contribution >= 0.6 is 0 Å². The standard InChI is InChI=1S/C14H17N3O2/c1-19-11-6-12-10(7-16-13(12)17-8-11)4-5-15-14(18)9-2-3-9/h6-9H,2-5H2,1H3,(H,15,18)(H,16,17). The van der Waals surface area contributed by atoms with E-state index >= 15 is 0 Å². The van der Waals surface area contributed by atoms with Gasteiger partial charge in [-0.3, -0.25) is 4.79 Å². The zero-order valence-electron chi connectivity index (χ0n) is 10.9. The van der Waals surface area contributed by atoms with Gasteiger partial charge in [0.15, 0.2) is 0 Å². The number of aromatic nitrogens is 2. The summed E-state index contributed by atoms with van der Waals surface area (Å²) in [6, 6.07) is 1.97. The Hall–Kier alpha value is -2.04. The maximum Gasteiger partial charge on any atom is 0.223 e. The van der Waals surface area contributed by atoms with E-state index in [1.165, 1.54) is 0 Å². The van der Waals surface area contributed by atoms with Gasteiger partial charge in [0.05, 0.1) is 13.3 Å². The Labute approximate surface area is 111 Å². The van der Waals surface area contributed by atoms with Crippen LogP contribution < -0.4 is 10.1 Å². The third kappa shape index (κ3) is 2.54. The van der Waals surface area contributed by atoms with Crippen molar-refractivity contribution in [3.05, 3.63) is 24.0 Å². The monoisotopic (exact) mass is 259 g/mol. The van der Waals surface area contributed by atoms with E-state index in [1.54, 1.807) is 13.3 Å². The summed E-state index contributed by atoms with van der Waals surface area (Å²) in [5.41, 5.74) is 2.00. The molecule has 0 aliphatic heterocycles. The Bertz CT molecular complexity index is 602. The number of aromatic amines is 1. The average molecular weight is 259 g/mol. The van der Waals surface area contributed by atoms with Crippen LogP contribution in [0, 0.1) is 5.92 Å². The van der Waals surface area contributed by atoms with Gasteiger partial charge in [0.1, 0.15) is 11.4 Å². The Balaban J connectivity index is 1.67. The second-order valence-corrected chi connectivity index (χ2v) is 4.90. The number of nitrogens with one attached hydrogen (secondary N) is 2. The van der Waals surface area contributed by atoms with Gasteiger partial charge in [-0.05, 0) is 30.9 Å². The molecule has 3 rings (SSSR count). The highest BCUT2D eigenvalue weighted by atomic mass is 16.5. The van der Waals surface area contributed by atoms with Crippen molar-refractivity contribution < 1.29 is 9.53 Å². The van der Waals surface area contributed by atoms with E-state index < -0.39 is 0 Å². The third-order valence-electron chi connectivity index (χ3n) is 3.47. The summed E-state index contributed by atoms with van der Waals surface area (Å²) >= 11 is 0. The summed E-state index contributed by atoms with van der Waals surface area (Å²) in [7, 11) is 1.63. The van der Waals surface area contributed by atoms with Gasteiger partial charge in [-0.1, -0.05) is 0 Å². The molecule has 0 saturated heterocycles. The lowest BCUT2D eigenvalue weighted by atomic mass is 10.1. The molecular weight excluding hydrogens is 242 g/mol. The Kier molecular flexibility index (Phi) is 3.11. The quantitative estimate of drug-likeness (QED) is 0.857. The average Bonchev–Trinajstić information content (AvgIpc) is 3.21. The molecule has 1 aliphatic rings. The summed E-state index contributed by atoms with van der Waals surface area (Å²) in [6.07, 6.45) is 6.52. The molecule has 5 heteroatoms. The van der Waals surface area contributed by atoms with E-state index in [4.69, 9.17) is 4.74 Å². The van der Waals surface area contributed by atoms with E-state index in [1.807, 2.05) is 12.3 Å². The van der Waals surface area contributed by atoms with Gasteiger partial charge in [0.2, 0.25) is 5.91 Å².